The molecule has 0 spiro atoms. The molecule has 2 aliphatic heterocycles. The van der Waals surface area contributed by atoms with Crippen LogP contribution >= 0.6 is 0 Å². The highest BCUT2D eigenvalue weighted by Gasteiger charge is 2.44. The Morgan fingerprint density at radius 2 is 1.90 bits per heavy atom. The summed E-state index contributed by atoms with van der Waals surface area (Å²) in [7, 11) is 1.29. The number of carbonyl (C=O) groups is 3. The van der Waals surface area contributed by atoms with E-state index in [1.54, 1.807) is 11.8 Å². The Balaban J connectivity index is 1.36. The van der Waals surface area contributed by atoms with Gasteiger partial charge in [0.05, 0.1) is 19.2 Å². The van der Waals surface area contributed by atoms with E-state index in [1.807, 2.05) is 30.3 Å². The minimum atomic E-state index is -0.723. The number of amides is 2. The summed E-state index contributed by atoms with van der Waals surface area (Å²) in [5.41, 5.74) is 1.49. The molecule has 1 atom stereocenters. The maximum absolute atomic E-state index is 12.8. The maximum Gasteiger partial charge on any atom is 0.410 e. The summed E-state index contributed by atoms with van der Waals surface area (Å²) in [5.74, 6) is 0.604. The second kappa shape index (κ2) is 8.79. The van der Waals surface area contributed by atoms with Crippen molar-refractivity contribution in [3.05, 3.63) is 41.8 Å². The molecule has 2 aliphatic rings. The van der Waals surface area contributed by atoms with Gasteiger partial charge in [0.25, 0.3) is 0 Å². The average Bonchev–Trinajstić information content (AvgIpc) is 3.36. The number of hydrogen-bond donors (Lipinski definition) is 0. The SMILES string of the molecule is COC(=O)C1COC(=O)N1C1CCN(C(=O)Cc2nc(-c3ccccc3)oc2C)CC1. The predicted octanol–water partition coefficient (Wildman–Crippen LogP) is 2.18. The van der Waals surface area contributed by atoms with Crippen molar-refractivity contribution < 1.29 is 28.3 Å². The number of methoxy groups -OCH3 is 1. The zero-order valence-electron chi connectivity index (χ0n) is 17.6. The van der Waals surface area contributed by atoms with E-state index in [9.17, 15) is 14.4 Å². The second-order valence-corrected chi connectivity index (χ2v) is 7.70. The highest BCUT2D eigenvalue weighted by Crippen LogP contribution is 2.26. The zero-order chi connectivity index (χ0) is 22.0. The van der Waals surface area contributed by atoms with E-state index in [1.165, 1.54) is 12.0 Å². The number of likely N-dealkylation sites (tertiary alicyclic amines) is 1. The number of ether oxygens (including phenoxy) is 2. The van der Waals surface area contributed by atoms with E-state index in [0.717, 1.165) is 5.56 Å². The number of esters is 1. The molecule has 9 nitrogen and oxygen atoms in total. The Labute approximate surface area is 179 Å². The van der Waals surface area contributed by atoms with Crippen molar-refractivity contribution in [2.24, 2.45) is 0 Å². The van der Waals surface area contributed by atoms with Crippen molar-refractivity contribution in [1.29, 1.82) is 0 Å². The lowest BCUT2D eigenvalue weighted by molar-refractivity contribution is -0.146. The van der Waals surface area contributed by atoms with Crippen molar-refractivity contribution in [3.63, 3.8) is 0 Å². The topological polar surface area (TPSA) is 102 Å². The molecule has 1 aromatic heterocycles. The van der Waals surface area contributed by atoms with E-state index in [2.05, 4.69) is 4.98 Å². The summed E-state index contributed by atoms with van der Waals surface area (Å²) >= 11 is 0. The largest absolute Gasteiger partial charge is 0.467 e. The first kappa shape index (κ1) is 20.9. The number of cyclic esters (lactones) is 1. The van der Waals surface area contributed by atoms with E-state index in [4.69, 9.17) is 13.9 Å². The number of aryl methyl sites for hydroxylation is 1. The van der Waals surface area contributed by atoms with Crippen LogP contribution in [0.4, 0.5) is 4.79 Å². The Kier molecular flexibility index (Phi) is 5.92. The van der Waals surface area contributed by atoms with Gasteiger partial charge in [0.2, 0.25) is 11.8 Å². The van der Waals surface area contributed by atoms with Gasteiger partial charge in [-0.2, -0.15) is 0 Å². The Bertz CT molecular complexity index is 965. The fourth-order valence-electron chi connectivity index (χ4n) is 4.10. The summed E-state index contributed by atoms with van der Waals surface area (Å²) in [4.78, 5) is 44.6. The van der Waals surface area contributed by atoms with Crippen LogP contribution in [0.5, 0.6) is 0 Å². The summed E-state index contributed by atoms with van der Waals surface area (Å²) in [6.45, 7) is 2.79. The van der Waals surface area contributed by atoms with Crippen LogP contribution in [0.25, 0.3) is 11.5 Å². The van der Waals surface area contributed by atoms with Crippen LogP contribution in [0.2, 0.25) is 0 Å². The van der Waals surface area contributed by atoms with Crippen LogP contribution in [0.3, 0.4) is 0 Å². The molecule has 2 fully saturated rings. The number of carbonyl (C=O) groups excluding carboxylic acids is 3. The van der Waals surface area contributed by atoms with E-state index >= 15 is 0 Å². The third-order valence-corrected chi connectivity index (χ3v) is 5.83. The van der Waals surface area contributed by atoms with Gasteiger partial charge in [0.1, 0.15) is 12.4 Å². The van der Waals surface area contributed by atoms with Crippen molar-refractivity contribution in [2.45, 2.75) is 38.3 Å². The van der Waals surface area contributed by atoms with Crippen LogP contribution in [0, 0.1) is 6.92 Å². The molecule has 2 saturated heterocycles. The standard InChI is InChI=1S/C22H25N3O6/c1-14-17(23-20(31-14)15-6-4-3-5-7-15)12-19(26)24-10-8-16(9-11-24)25-18(21(27)29-2)13-30-22(25)28/h3-7,16,18H,8-13H2,1-2H3. The zero-order valence-corrected chi connectivity index (χ0v) is 17.6. The molecule has 2 aromatic rings. The molecule has 164 valence electrons. The molecule has 1 aromatic carbocycles. The second-order valence-electron chi connectivity index (χ2n) is 7.70. The molecule has 3 heterocycles. The molecule has 4 rings (SSSR count). The quantitative estimate of drug-likeness (QED) is 0.674. The first-order valence-electron chi connectivity index (χ1n) is 10.3. The van der Waals surface area contributed by atoms with Crippen LogP contribution < -0.4 is 0 Å². The summed E-state index contributed by atoms with van der Waals surface area (Å²) in [5, 5.41) is 0. The van der Waals surface area contributed by atoms with Crippen molar-refractivity contribution in [3.8, 4) is 11.5 Å². The lowest BCUT2D eigenvalue weighted by Crippen LogP contribution is -2.52. The maximum atomic E-state index is 12.8. The Morgan fingerprint density at radius 1 is 1.19 bits per heavy atom. The van der Waals surface area contributed by atoms with Gasteiger partial charge in [-0.05, 0) is 31.9 Å². The van der Waals surface area contributed by atoms with Crippen molar-refractivity contribution >= 4 is 18.0 Å². The number of hydrogen-bond acceptors (Lipinski definition) is 7. The fraction of sp³-hybridized carbons (Fsp3) is 0.455. The molecule has 0 N–H and O–H groups in total. The highest BCUT2D eigenvalue weighted by molar-refractivity contribution is 5.84. The van der Waals surface area contributed by atoms with E-state index in [-0.39, 0.29) is 25.0 Å². The summed E-state index contributed by atoms with van der Waals surface area (Å²) < 4.78 is 15.6. The normalized spacial score (nSPS) is 19.4. The van der Waals surface area contributed by atoms with Crippen LogP contribution in [0.15, 0.2) is 34.7 Å². The van der Waals surface area contributed by atoms with E-state index in [0.29, 0.717) is 43.3 Å². The fourth-order valence-corrected chi connectivity index (χ4v) is 4.10. The van der Waals surface area contributed by atoms with Crippen LogP contribution in [-0.4, -0.2) is 71.6 Å². The molecule has 0 radical (unpaired) electrons. The van der Waals surface area contributed by atoms with Gasteiger partial charge in [0, 0.05) is 24.7 Å². The van der Waals surface area contributed by atoms with Gasteiger partial charge in [0.15, 0.2) is 6.04 Å². The van der Waals surface area contributed by atoms with Crippen molar-refractivity contribution in [2.75, 3.05) is 26.8 Å². The molecular formula is C22H25N3O6. The Hall–Kier alpha value is -3.36. The number of benzene rings is 1. The molecule has 0 saturated carbocycles. The minimum Gasteiger partial charge on any atom is -0.467 e. The third-order valence-electron chi connectivity index (χ3n) is 5.83. The number of nitrogens with zero attached hydrogens (tertiary/aromatic N) is 3. The van der Waals surface area contributed by atoms with E-state index < -0.39 is 18.1 Å². The molecule has 9 heteroatoms. The highest BCUT2D eigenvalue weighted by atomic mass is 16.6. The van der Waals surface area contributed by atoms with Gasteiger partial charge in [-0.25, -0.2) is 14.6 Å². The molecule has 0 bridgehead atoms. The molecular weight excluding hydrogens is 402 g/mol. The molecule has 31 heavy (non-hydrogen) atoms. The first-order valence-corrected chi connectivity index (χ1v) is 10.3. The third kappa shape index (κ3) is 4.26. The lowest BCUT2D eigenvalue weighted by Gasteiger charge is -2.37. The number of oxazole rings is 1. The molecule has 2 amide bonds. The van der Waals surface area contributed by atoms with Crippen LogP contribution in [0.1, 0.15) is 24.3 Å². The van der Waals surface area contributed by atoms with Gasteiger partial charge in [-0.15, -0.1) is 0 Å². The average molecular weight is 427 g/mol. The smallest absolute Gasteiger partial charge is 0.410 e. The van der Waals surface area contributed by atoms with Crippen LogP contribution in [-0.2, 0) is 25.5 Å². The Morgan fingerprint density at radius 3 is 2.58 bits per heavy atom. The first-order chi connectivity index (χ1) is 15.0. The van der Waals surface area contributed by atoms with Crippen molar-refractivity contribution in [1.82, 2.24) is 14.8 Å². The summed E-state index contributed by atoms with van der Waals surface area (Å²) in [6.07, 6.45) is 0.790. The van der Waals surface area contributed by atoms with Gasteiger partial charge >= 0.3 is 12.1 Å². The van der Waals surface area contributed by atoms with Gasteiger partial charge in [-0.1, -0.05) is 18.2 Å². The molecule has 1 unspecified atom stereocenters. The number of aromatic nitrogens is 1. The molecule has 0 aliphatic carbocycles. The van der Waals surface area contributed by atoms with Gasteiger partial charge in [-0.3, -0.25) is 9.69 Å². The number of piperidine rings is 1. The predicted molar refractivity (Wildman–Crippen MR) is 109 cm³/mol. The summed E-state index contributed by atoms with van der Waals surface area (Å²) in [6, 6.07) is 8.66. The monoisotopic (exact) mass is 427 g/mol. The lowest BCUT2D eigenvalue weighted by atomic mass is 10.0. The number of rotatable bonds is 5. The minimum absolute atomic E-state index is 0.000164. The van der Waals surface area contributed by atoms with Gasteiger partial charge < -0.3 is 18.8 Å².